The number of nitrogens with zero attached hydrogens (tertiary/aromatic N) is 1. The van der Waals surface area contributed by atoms with Gasteiger partial charge < -0.3 is 10.1 Å². The molecule has 5 heteroatoms. The Bertz CT molecular complexity index is 841. The summed E-state index contributed by atoms with van der Waals surface area (Å²) in [7, 11) is 1.63. The molecular weight excluding hydrogens is 308 g/mol. The van der Waals surface area contributed by atoms with E-state index in [9.17, 15) is 4.79 Å². The van der Waals surface area contributed by atoms with Gasteiger partial charge >= 0.3 is 0 Å². The lowest BCUT2D eigenvalue weighted by atomic mass is 9.84. The van der Waals surface area contributed by atoms with E-state index in [0.717, 1.165) is 21.5 Å². The lowest BCUT2D eigenvalue weighted by Gasteiger charge is -2.23. The number of aromatic nitrogens is 1. The molecule has 23 heavy (non-hydrogen) atoms. The summed E-state index contributed by atoms with van der Waals surface area (Å²) in [6.45, 7) is 3.82. The third kappa shape index (κ3) is 3.05. The number of hydrogen-bond donors (Lipinski definition) is 1. The molecule has 0 aliphatic carbocycles. The number of hydrogen-bond acceptors (Lipinski definition) is 4. The molecule has 1 N–H and O–H groups in total. The summed E-state index contributed by atoms with van der Waals surface area (Å²) in [6, 6.07) is 15.4. The molecule has 0 fully saturated rings. The number of carbonyl (C=O) groups is 1. The minimum Gasteiger partial charge on any atom is -0.497 e. The van der Waals surface area contributed by atoms with Crippen LogP contribution in [0, 0.1) is 0 Å². The third-order valence-corrected chi connectivity index (χ3v) is 4.81. The Hall–Kier alpha value is -2.40. The number of anilines is 1. The van der Waals surface area contributed by atoms with Gasteiger partial charge in [-0.2, -0.15) is 0 Å². The van der Waals surface area contributed by atoms with Gasteiger partial charge in [0, 0.05) is 0 Å². The molecule has 0 bridgehead atoms. The Morgan fingerprint density at radius 3 is 2.61 bits per heavy atom. The van der Waals surface area contributed by atoms with Gasteiger partial charge in [-0.15, -0.1) is 0 Å². The van der Waals surface area contributed by atoms with E-state index in [1.54, 1.807) is 7.11 Å². The van der Waals surface area contributed by atoms with Gasteiger partial charge in [-0.3, -0.25) is 4.79 Å². The predicted octanol–water partition coefficient (Wildman–Crippen LogP) is 4.22. The molecule has 0 radical (unpaired) electrons. The molecule has 4 nitrogen and oxygen atoms in total. The second-order valence-corrected chi connectivity index (χ2v) is 6.83. The SMILES string of the molecule is COc1ccc2nc(NC(=O)C(C)(C)c3ccccc3)sc2c1. The van der Waals surface area contributed by atoms with Crippen LogP contribution in [-0.4, -0.2) is 18.0 Å². The van der Waals surface area contributed by atoms with E-state index in [0.29, 0.717) is 5.13 Å². The molecule has 1 heterocycles. The van der Waals surface area contributed by atoms with Crippen molar-refractivity contribution >= 4 is 32.6 Å². The highest BCUT2D eigenvalue weighted by Crippen LogP contribution is 2.31. The van der Waals surface area contributed by atoms with E-state index in [2.05, 4.69) is 10.3 Å². The molecule has 0 saturated carbocycles. The van der Waals surface area contributed by atoms with E-state index in [4.69, 9.17) is 4.74 Å². The molecule has 0 spiro atoms. The molecule has 3 aromatic rings. The number of ether oxygens (including phenoxy) is 1. The minimum absolute atomic E-state index is 0.0743. The second-order valence-electron chi connectivity index (χ2n) is 5.80. The fourth-order valence-electron chi connectivity index (χ4n) is 2.32. The first kappa shape index (κ1) is 15.5. The van der Waals surface area contributed by atoms with Crippen LogP contribution in [0.3, 0.4) is 0 Å². The number of benzene rings is 2. The fraction of sp³-hybridized carbons (Fsp3) is 0.222. The largest absolute Gasteiger partial charge is 0.497 e. The van der Waals surface area contributed by atoms with Crippen molar-refractivity contribution < 1.29 is 9.53 Å². The van der Waals surface area contributed by atoms with Gasteiger partial charge in [0.2, 0.25) is 5.91 Å². The van der Waals surface area contributed by atoms with Crippen LogP contribution in [0.5, 0.6) is 5.75 Å². The van der Waals surface area contributed by atoms with E-state index < -0.39 is 5.41 Å². The summed E-state index contributed by atoms with van der Waals surface area (Å²) in [5.41, 5.74) is 1.19. The maximum absolute atomic E-state index is 12.7. The third-order valence-electron chi connectivity index (χ3n) is 3.88. The fourth-order valence-corrected chi connectivity index (χ4v) is 3.21. The van der Waals surface area contributed by atoms with Gasteiger partial charge in [-0.25, -0.2) is 4.98 Å². The number of amides is 1. The summed E-state index contributed by atoms with van der Waals surface area (Å²) >= 11 is 1.44. The molecule has 0 saturated heterocycles. The highest BCUT2D eigenvalue weighted by atomic mass is 32.1. The molecule has 118 valence electrons. The molecule has 3 rings (SSSR count). The van der Waals surface area contributed by atoms with Crippen LogP contribution in [0.2, 0.25) is 0 Å². The number of rotatable bonds is 4. The molecule has 0 unspecified atom stereocenters. The van der Waals surface area contributed by atoms with Crippen molar-refractivity contribution in [2.75, 3.05) is 12.4 Å². The monoisotopic (exact) mass is 326 g/mol. The summed E-state index contributed by atoms with van der Waals surface area (Å²) in [6.07, 6.45) is 0. The van der Waals surface area contributed by atoms with Crippen LogP contribution in [0.25, 0.3) is 10.2 Å². The first-order valence-corrected chi connectivity index (χ1v) is 8.14. The Kier molecular flexibility index (Phi) is 4.05. The van der Waals surface area contributed by atoms with Crippen molar-refractivity contribution in [2.24, 2.45) is 0 Å². The Morgan fingerprint density at radius 1 is 1.17 bits per heavy atom. The summed E-state index contributed by atoms with van der Waals surface area (Å²) in [4.78, 5) is 17.1. The molecule has 2 aromatic carbocycles. The zero-order valence-corrected chi connectivity index (χ0v) is 14.1. The highest BCUT2D eigenvalue weighted by Gasteiger charge is 2.30. The second kappa shape index (κ2) is 6.01. The highest BCUT2D eigenvalue weighted by molar-refractivity contribution is 7.22. The van der Waals surface area contributed by atoms with Gasteiger partial charge in [0.25, 0.3) is 0 Å². The molecule has 1 amide bonds. The number of nitrogens with one attached hydrogen (secondary N) is 1. The van der Waals surface area contributed by atoms with Crippen molar-refractivity contribution in [3.05, 3.63) is 54.1 Å². The average molecular weight is 326 g/mol. The van der Waals surface area contributed by atoms with Gasteiger partial charge in [0.15, 0.2) is 5.13 Å². The van der Waals surface area contributed by atoms with Crippen LogP contribution >= 0.6 is 11.3 Å². The van der Waals surface area contributed by atoms with E-state index >= 15 is 0 Å². The van der Waals surface area contributed by atoms with Gasteiger partial charge in [0.05, 0.1) is 22.7 Å². The quantitative estimate of drug-likeness (QED) is 0.781. The number of methoxy groups -OCH3 is 1. The number of carbonyl (C=O) groups excluding carboxylic acids is 1. The number of fused-ring (bicyclic) bond motifs is 1. The van der Waals surface area contributed by atoms with Crippen LogP contribution in [0.4, 0.5) is 5.13 Å². The maximum atomic E-state index is 12.7. The number of thiazole rings is 1. The van der Waals surface area contributed by atoms with E-state index in [1.165, 1.54) is 11.3 Å². The van der Waals surface area contributed by atoms with E-state index in [1.807, 2.05) is 62.4 Å². The van der Waals surface area contributed by atoms with Gasteiger partial charge in [-0.05, 0) is 37.6 Å². The van der Waals surface area contributed by atoms with Crippen molar-refractivity contribution in [3.8, 4) is 5.75 Å². The summed E-state index contributed by atoms with van der Waals surface area (Å²) in [5, 5.41) is 3.53. The molecule has 0 aliphatic rings. The molecule has 1 aromatic heterocycles. The van der Waals surface area contributed by atoms with Crippen molar-refractivity contribution in [3.63, 3.8) is 0 Å². The summed E-state index contributed by atoms with van der Waals surface area (Å²) < 4.78 is 6.20. The summed E-state index contributed by atoms with van der Waals surface area (Å²) in [5.74, 6) is 0.707. The first-order chi connectivity index (χ1) is 11.0. The lowest BCUT2D eigenvalue weighted by molar-refractivity contribution is -0.120. The Morgan fingerprint density at radius 2 is 1.91 bits per heavy atom. The zero-order valence-electron chi connectivity index (χ0n) is 13.3. The molecule has 0 atom stereocenters. The lowest BCUT2D eigenvalue weighted by Crippen LogP contribution is -2.34. The van der Waals surface area contributed by atoms with Crippen molar-refractivity contribution in [2.45, 2.75) is 19.3 Å². The predicted molar refractivity (Wildman–Crippen MR) is 94.3 cm³/mol. The van der Waals surface area contributed by atoms with Gasteiger partial charge in [-0.1, -0.05) is 41.7 Å². The molecular formula is C18H18N2O2S. The maximum Gasteiger partial charge on any atom is 0.236 e. The standard InChI is InChI=1S/C18H18N2O2S/c1-18(2,12-7-5-4-6-8-12)16(21)20-17-19-14-10-9-13(22-3)11-15(14)23-17/h4-11H,1-3H3,(H,19,20,21). The van der Waals surface area contributed by atoms with Crippen molar-refractivity contribution in [1.82, 2.24) is 4.98 Å². The Balaban J connectivity index is 1.85. The van der Waals surface area contributed by atoms with Crippen LogP contribution in [0.1, 0.15) is 19.4 Å². The van der Waals surface area contributed by atoms with Crippen LogP contribution < -0.4 is 10.1 Å². The molecule has 0 aliphatic heterocycles. The zero-order chi connectivity index (χ0) is 16.4. The Labute approximate surface area is 139 Å². The van der Waals surface area contributed by atoms with Crippen molar-refractivity contribution in [1.29, 1.82) is 0 Å². The smallest absolute Gasteiger partial charge is 0.236 e. The van der Waals surface area contributed by atoms with Crippen LogP contribution in [-0.2, 0) is 10.2 Å². The minimum atomic E-state index is -0.628. The normalized spacial score (nSPS) is 11.4. The van der Waals surface area contributed by atoms with Gasteiger partial charge in [0.1, 0.15) is 5.75 Å². The van der Waals surface area contributed by atoms with E-state index in [-0.39, 0.29) is 5.91 Å². The first-order valence-electron chi connectivity index (χ1n) is 7.32. The van der Waals surface area contributed by atoms with Crippen LogP contribution in [0.15, 0.2) is 48.5 Å². The average Bonchev–Trinajstić information content (AvgIpc) is 2.96. The topological polar surface area (TPSA) is 51.2 Å².